The highest BCUT2D eigenvalue weighted by Crippen LogP contribution is 2.25. The second kappa shape index (κ2) is 4.41. The predicted octanol–water partition coefficient (Wildman–Crippen LogP) is 2.56. The van der Waals surface area contributed by atoms with Gasteiger partial charge in [0.05, 0.1) is 15.6 Å². The van der Waals surface area contributed by atoms with E-state index in [0.29, 0.717) is 10.7 Å². The fourth-order valence-electron chi connectivity index (χ4n) is 1.16. The molecule has 84 valence electrons. The number of nitrogens with one attached hydrogen (secondary N) is 1. The van der Waals surface area contributed by atoms with Crippen LogP contribution in [0.25, 0.3) is 0 Å². The van der Waals surface area contributed by atoms with Crippen molar-refractivity contribution in [3.05, 3.63) is 23.2 Å². The van der Waals surface area contributed by atoms with Gasteiger partial charge in [-0.3, -0.25) is 0 Å². The zero-order valence-electron chi connectivity index (χ0n) is 8.91. The van der Waals surface area contributed by atoms with Gasteiger partial charge in [-0.15, -0.1) is 0 Å². The quantitative estimate of drug-likeness (QED) is 0.893. The Labute approximate surface area is 95.4 Å². The fraction of sp³-hybridized carbons (Fsp3) is 0.400. The number of sulfone groups is 1. The summed E-state index contributed by atoms with van der Waals surface area (Å²) >= 11 is 5.93. The van der Waals surface area contributed by atoms with Crippen LogP contribution in [0.2, 0.25) is 5.02 Å². The van der Waals surface area contributed by atoms with Crippen molar-refractivity contribution in [3.63, 3.8) is 0 Å². The minimum absolute atomic E-state index is 0.206. The molecule has 0 atom stereocenters. The average molecular weight is 248 g/mol. The van der Waals surface area contributed by atoms with Crippen LogP contribution in [0.4, 0.5) is 5.69 Å². The van der Waals surface area contributed by atoms with Crippen LogP contribution in [0.5, 0.6) is 0 Å². The van der Waals surface area contributed by atoms with Crippen LogP contribution in [0, 0.1) is 0 Å². The lowest BCUT2D eigenvalue weighted by molar-refractivity contribution is 0.602. The highest BCUT2D eigenvalue weighted by molar-refractivity contribution is 7.90. The second-order valence-corrected chi connectivity index (χ2v) is 6.14. The lowest BCUT2D eigenvalue weighted by Crippen LogP contribution is -2.10. The van der Waals surface area contributed by atoms with E-state index in [1.54, 1.807) is 12.1 Å². The summed E-state index contributed by atoms with van der Waals surface area (Å²) in [4.78, 5) is 0.273. The first-order valence-corrected chi connectivity index (χ1v) is 6.84. The minimum Gasteiger partial charge on any atom is -0.382 e. The molecular formula is C10H14ClNO2S. The molecule has 1 N–H and O–H groups in total. The molecule has 5 heteroatoms. The molecule has 0 heterocycles. The smallest absolute Gasteiger partial charge is 0.175 e. The molecule has 0 bridgehead atoms. The lowest BCUT2D eigenvalue weighted by atomic mass is 10.3. The van der Waals surface area contributed by atoms with Gasteiger partial charge in [-0.1, -0.05) is 11.6 Å². The molecule has 1 aromatic carbocycles. The summed E-state index contributed by atoms with van der Waals surface area (Å²) in [5, 5.41) is 3.61. The predicted molar refractivity (Wildman–Crippen MR) is 63.3 cm³/mol. The Balaban J connectivity index is 3.17. The van der Waals surface area contributed by atoms with Crippen molar-refractivity contribution in [2.75, 3.05) is 11.6 Å². The van der Waals surface area contributed by atoms with E-state index in [2.05, 4.69) is 5.32 Å². The van der Waals surface area contributed by atoms with Crippen molar-refractivity contribution >= 4 is 27.1 Å². The van der Waals surface area contributed by atoms with Gasteiger partial charge in [0.25, 0.3) is 0 Å². The number of hydrogen-bond acceptors (Lipinski definition) is 3. The zero-order chi connectivity index (χ0) is 11.6. The fourth-order valence-corrected chi connectivity index (χ4v) is 1.98. The Morgan fingerprint density at radius 2 is 1.93 bits per heavy atom. The molecule has 1 rings (SSSR count). The standard InChI is InChI=1S/C10H14ClNO2S/c1-7(2)12-10-6-8(15(3,13)14)4-5-9(10)11/h4-7,12H,1-3H3. The third kappa shape index (κ3) is 3.39. The van der Waals surface area contributed by atoms with Crippen molar-refractivity contribution in [3.8, 4) is 0 Å². The average Bonchev–Trinajstić information content (AvgIpc) is 2.06. The Morgan fingerprint density at radius 3 is 2.40 bits per heavy atom. The van der Waals surface area contributed by atoms with Crippen LogP contribution in [0.15, 0.2) is 23.1 Å². The maximum absolute atomic E-state index is 11.3. The van der Waals surface area contributed by atoms with E-state index in [9.17, 15) is 8.42 Å². The molecule has 0 aromatic heterocycles. The molecule has 0 saturated carbocycles. The third-order valence-corrected chi connectivity index (χ3v) is 3.25. The number of halogens is 1. The first-order chi connectivity index (χ1) is 6.80. The van der Waals surface area contributed by atoms with Crippen molar-refractivity contribution in [2.24, 2.45) is 0 Å². The van der Waals surface area contributed by atoms with Crippen LogP contribution in [-0.2, 0) is 9.84 Å². The minimum atomic E-state index is -3.18. The van der Waals surface area contributed by atoms with Crippen LogP contribution < -0.4 is 5.32 Å². The second-order valence-electron chi connectivity index (χ2n) is 3.71. The SMILES string of the molecule is CC(C)Nc1cc(S(C)(=O)=O)ccc1Cl. The van der Waals surface area contributed by atoms with Crippen molar-refractivity contribution < 1.29 is 8.42 Å². The van der Waals surface area contributed by atoms with Crippen LogP contribution >= 0.6 is 11.6 Å². The molecule has 0 radical (unpaired) electrons. The summed E-state index contributed by atoms with van der Waals surface area (Å²) in [5.41, 5.74) is 0.648. The van der Waals surface area contributed by atoms with Gasteiger partial charge in [0.1, 0.15) is 0 Å². The van der Waals surface area contributed by atoms with Gasteiger partial charge in [0.2, 0.25) is 0 Å². The van der Waals surface area contributed by atoms with E-state index in [0.717, 1.165) is 0 Å². The summed E-state index contributed by atoms with van der Waals surface area (Å²) in [7, 11) is -3.18. The number of benzene rings is 1. The van der Waals surface area contributed by atoms with E-state index in [4.69, 9.17) is 11.6 Å². The molecule has 0 aliphatic rings. The molecule has 0 amide bonds. The number of hydrogen-bond donors (Lipinski definition) is 1. The van der Waals surface area contributed by atoms with E-state index >= 15 is 0 Å². The Bertz CT molecular complexity index is 454. The molecule has 0 fully saturated rings. The van der Waals surface area contributed by atoms with Crippen molar-refractivity contribution in [1.82, 2.24) is 0 Å². The summed E-state index contributed by atoms with van der Waals surface area (Å²) in [6, 6.07) is 4.85. The Kier molecular flexibility index (Phi) is 3.62. The Hall–Kier alpha value is -0.740. The van der Waals surface area contributed by atoms with Crippen molar-refractivity contribution in [2.45, 2.75) is 24.8 Å². The first-order valence-electron chi connectivity index (χ1n) is 4.57. The highest BCUT2D eigenvalue weighted by atomic mass is 35.5. The highest BCUT2D eigenvalue weighted by Gasteiger charge is 2.10. The summed E-state index contributed by atoms with van der Waals surface area (Å²) < 4.78 is 22.6. The van der Waals surface area contributed by atoms with Crippen LogP contribution in [-0.4, -0.2) is 20.7 Å². The largest absolute Gasteiger partial charge is 0.382 e. The van der Waals surface area contributed by atoms with E-state index in [1.165, 1.54) is 12.3 Å². The molecule has 0 saturated heterocycles. The van der Waals surface area contributed by atoms with Gasteiger partial charge in [0.15, 0.2) is 9.84 Å². The van der Waals surface area contributed by atoms with Gasteiger partial charge < -0.3 is 5.32 Å². The monoisotopic (exact) mass is 247 g/mol. The van der Waals surface area contributed by atoms with Crippen LogP contribution in [0.3, 0.4) is 0 Å². The van der Waals surface area contributed by atoms with Gasteiger partial charge in [-0.2, -0.15) is 0 Å². The first kappa shape index (κ1) is 12.3. The summed E-state index contributed by atoms with van der Waals surface area (Å²) in [6.45, 7) is 3.92. The van der Waals surface area contributed by atoms with Gasteiger partial charge in [-0.25, -0.2) is 8.42 Å². The molecule has 0 spiro atoms. The molecule has 0 unspecified atom stereocenters. The zero-order valence-corrected chi connectivity index (χ0v) is 10.5. The normalized spacial score (nSPS) is 11.8. The molecule has 3 nitrogen and oxygen atoms in total. The van der Waals surface area contributed by atoms with Gasteiger partial charge >= 0.3 is 0 Å². The molecule has 0 aliphatic heterocycles. The molecule has 15 heavy (non-hydrogen) atoms. The molecule has 0 aliphatic carbocycles. The molecule has 1 aromatic rings. The maximum atomic E-state index is 11.3. The summed E-state index contributed by atoms with van der Waals surface area (Å²) in [6.07, 6.45) is 1.18. The topological polar surface area (TPSA) is 46.2 Å². The van der Waals surface area contributed by atoms with E-state index < -0.39 is 9.84 Å². The molecular weight excluding hydrogens is 234 g/mol. The van der Waals surface area contributed by atoms with E-state index in [-0.39, 0.29) is 10.9 Å². The number of rotatable bonds is 3. The van der Waals surface area contributed by atoms with E-state index in [1.807, 2.05) is 13.8 Å². The van der Waals surface area contributed by atoms with Gasteiger partial charge in [0, 0.05) is 12.3 Å². The maximum Gasteiger partial charge on any atom is 0.175 e. The Morgan fingerprint density at radius 1 is 1.33 bits per heavy atom. The van der Waals surface area contributed by atoms with Gasteiger partial charge in [-0.05, 0) is 32.0 Å². The third-order valence-electron chi connectivity index (χ3n) is 1.81. The number of anilines is 1. The lowest BCUT2D eigenvalue weighted by Gasteiger charge is -2.12. The van der Waals surface area contributed by atoms with Crippen molar-refractivity contribution in [1.29, 1.82) is 0 Å². The van der Waals surface area contributed by atoms with Crippen LogP contribution in [0.1, 0.15) is 13.8 Å². The summed E-state index contributed by atoms with van der Waals surface area (Å²) in [5.74, 6) is 0.